The molecule has 0 heterocycles. The average Bonchev–Trinajstić information content (AvgIpc) is 2.82. The van der Waals surface area contributed by atoms with Gasteiger partial charge in [-0.05, 0) is 36.1 Å². The summed E-state index contributed by atoms with van der Waals surface area (Å²) >= 11 is 0. The molecule has 0 aromatic heterocycles. The molecular formula is C13H14F2O3. The van der Waals surface area contributed by atoms with Gasteiger partial charge in [0.05, 0.1) is 12.0 Å². The summed E-state index contributed by atoms with van der Waals surface area (Å²) in [5, 5.41) is 18.6. The number of carboxylic acid groups (broad SMARTS) is 1. The SMILES string of the molecule is O=C(O)C1(c2cc(F)c(F)cc2CO)CCCC1. The molecule has 0 saturated heterocycles. The zero-order valence-corrected chi connectivity index (χ0v) is 9.75. The van der Waals surface area contributed by atoms with Crippen LogP contribution in [0.2, 0.25) is 0 Å². The van der Waals surface area contributed by atoms with Crippen LogP contribution >= 0.6 is 0 Å². The van der Waals surface area contributed by atoms with E-state index in [2.05, 4.69) is 0 Å². The van der Waals surface area contributed by atoms with Crippen LogP contribution in [-0.4, -0.2) is 16.2 Å². The summed E-state index contributed by atoms with van der Waals surface area (Å²) in [6, 6.07) is 1.80. The molecule has 0 unspecified atom stereocenters. The van der Waals surface area contributed by atoms with E-state index in [0.717, 1.165) is 25.0 Å². The molecule has 0 aliphatic heterocycles. The number of rotatable bonds is 3. The Balaban J connectivity index is 2.61. The van der Waals surface area contributed by atoms with E-state index in [1.54, 1.807) is 0 Å². The van der Waals surface area contributed by atoms with Crippen LogP contribution in [0.15, 0.2) is 12.1 Å². The van der Waals surface area contributed by atoms with Crippen molar-refractivity contribution in [2.24, 2.45) is 0 Å². The predicted octanol–water partition coefficient (Wildman–Crippen LogP) is 2.35. The minimum Gasteiger partial charge on any atom is -0.481 e. The Labute approximate surface area is 103 Å². The van der Waals surface area contributed by atoms with Crippen LogP contribution in [0.4, 0.5) is 8.78 Å². The highest BCUT2D eigenvalue weighted by atomic mass is 19.2. The van der Waals surface area contributed by atoms with Gasteiger partial charge in [-0.2, -0.15) is 0 Å². The fraction of sp³-hybridized carbons (Fsp3) is 0.462. The number of aliphatic hydroxyl groups is 1. The molecular weight excluding hydrogens is 242 g/mol. The molecule has 0 atom stereocenters. The molecule has 98 valence electrons. The lowest BCUT2D eigenvalue weighted by atomic mass is 9.76. The van der Waals surface area contributed by atoms with Crippen LogP contribution in [0.1, 0.15) is 36.8 Å². The smallest absolute Gasteiger partial charge is 0.314 e. The van der Waals surface area contributed by atoms with Crippen molar-refractivity contribution in [2.45, 2.75) is 37.7 Å². The molecule has 1 aliphatic carbocycles. The molecule has 0 radical (unpaired) electrons. The number of halogens is 2. The van der Waals surface area contributed by atoms with Gasteiger partial charge >= 0.3 is 5.97 Å². The van der Waals surface area contributed by atoms with Crippen LogP contribution in [0, 0.1) is 11.6 Å². The standard InChI is InChI=1S/C13H14F2O3/c14-10-5-8(7-16)9(6-11(10)15)13(12(17)18)3-1-2-4-13/h5-6,16H,1-4,7H2,(H,17,18). The van der Waals surface area contributed by atoms with Gasteiger partial charge in [0.25, 0.3) is 0 Å². The molecule has 0 amide bonds. The maximum Gasteiger partial charge on any atom is 0.314 e. The van der Waals surface area contributed by atoms with E-state index in [0.29, 0.717) is 12.8 Å². The minimum atomic E-state index is -1.19. The molecule has 1 saturated carbocycles. The molecule has 1 aromatic rings. The van der Waals surface area contributed by atoms with E-state index in [-0.39, 0.29) is 11.1 Å². The van der Waals surface area contributed by atoms with Gasteiger partial charge in [0.2, 0.25) is 0 Å². The Morgan fingerprint density at radius 3 is 2.28 bits per heavy atom. The first-order chi connectivity index (χ1) is 8.51. The maximum absolute atomic E-state index is 13.3. The summed E-state index contributed by atoms with van der Waals surface area (Å²) in [5.41, 5.74) is -0.834. The highest BCUT2D eigenvalue weighted by Gasteiger charge is 2.44. The van der Waals surface area contributed by atoms with Crippen molar-refractivity contribution in [1.82, 2.24) is 0 Å². The first kappa shape index (κ1) is 13.0. The van der Waals surface area contributed by atoms with Crippen molar-refractivity contribution in [3.05, 3.63) is 34.9 Å². The maximum atomic E-state index is 13.3. The Morgan fingerprint density at radius 1 is 1.22 bits per heavy atom. The number of hydrogen-bond acceptors (Lipinski definition) is 2. The zero-order chi connectivity index (χ0) is 13.3. The fourth-order valence-corrected chi connectivity index (χ4v) is 2.74. The molecule has 1 aromatic carbocycles. The zero-order valence-electron chi connectivity index (χ0n) is 9.75. The van der Waals surface area contributed by atoms with Gasteiger partial charge in [0.1, 0.15) is 0 Å². The van der Waals surface area contributed by atoms with Gasteiger partial charge in [-0.3, -0.25) is 4.79 Å². The number of carbonyl (C=O) groups is 1. The van der Waals surface area contributed by atoms with Gasteiger partial charge in [-0.1, -0.05) is 12.8 Å². The Hall–Kier alpha value is -1.49. The third kappa shape index (κ3) is 1.88. The lowest BCUT2D eigenvalue weighted by Gasteiger charge is -2.26. The largest absolute Gasteiger partial charge is 0.481 e. The number of hydrogen-bond donors (Lipinski definition) is 2. The quantitative estimate of drug-likeness (QED) is 0.872. The summed E-state index contributed by atoms with van der Waals surface area (Å²) in [7, 11) is 0. The summed E-state index contributed by atoms with van der Waals surface area (Å²) < 4.78 is 26.5. The lowest BCUT2D eigenvalue weighted by Crippen LogP contribution is -2.34. The summed E-state index contributed by atoms with van der Waals surface area (Å²) in [6.45, 7) is -0.498. The number of benzene rings is 1. The first-order valence-corrected chi connectivity index (χ1v) is 5.84. The van der Waals surface area contributed by atoms with Crippen molar-refractivity contribution in [3.8, 4) is 0 Å². The van der Waals surface area contributed by atoms with Crippen molar-refractivity contribution in [2.75, 3.05) is 0 Å². The minimum absolute atomic E-state index is 0.151. The molecule has 3 nitrogen and oxygen atoms in total. The first-order valence-electron chi connectivity index (χ1n) is 5.84. The Morgan fingerprint density at radius 2 is 1.78 bits per heavy atom. The van der Waals surface area contributed by atoms with E-state index in [4.69, 9.17) is 0 Å². The molecule has 2 rings (SSSR count). The highest BCUT2D eigenvalue weighted by Crippen LogP contribution is 2.43. The van der Waals surface area contributed by atoms with Crippen molar-refractivity contribution in [3.63, 3.8) is 0 Å². The van der Waals surface area contributed by atoms with Crippen LogP contribution in [0.3, 0.4) is 0 Å². The van der Waals surface area contributed by atoms with Crippen molar-refractivity contribution in [1.29, 1.82) is 0 Å². The lowest BCUT2D eigenvalue weighted by molar-refractivity contribution is -0.143. The predicted molar refractivity (Wildman–Crippen MR) is 60.1 cm³/mol. The monoisotopic (exact) mass is 256 g/mol. The average molecular weight is 256 g/mol. The molecule has 1 fully saturated rings. The second-order valence-corrected chi connectivity index (χ2v) is 4.68. The van der Waals surface area contributed by atoms with Gasteiger partial charge in [0.15, 0.2) is 11.6 Å². The van der Waals surface area contributed by atoms with E-state index >= 15 is 0 Å². The van der Waals surface area contributed by atoms with Crippen LogP contribution in [-0.2, 0) is 16.8 Å². The normalized spacial score (nSPS) is 17.9. The topological polar surface area (TPSA) is 57.5 Å². The van der Waals surface area contributed by atoms with E-state index in [9.17, 15) is 23.8 Å². The van der Waals surface area contributed by atoms with E-state index < -0.39 is 29.6 Å². The molecule has 0 spiro atoms. The van der Waals surface area contributed by atoms with Crippen LogP contribution in [0.25, 0.3) is 0 Å². The third-order valence-corrected chi connectivity index (χ3v) is 3.70. The fourth-order valence-electron chi connectivity index (χ4n) is 2.74. The third-order valence-electron chi connectivity index (χ3n) is 3.70. The van der Waals surface area contributed by atoms with E-state index in [1.807, 2.05) is 0 Å². The number of aliphatic carboxylic acids is 1. The van der Waals surface area contributed by atoms with Gasteiger partial charge in [-0.25, -0.2) is 8.78 Å². The van der Waals surface area contributed by atoms with Crippen LogP contribution < -0.4 is 0 Å². The Bertz CT molecular complexity index is 479. The molecule has 18 heavy (non-hydrogen) atoms. The van der Waals surface area contributed by atoms with Crippen LogP contribution in [0.5, 0.6) is 0 Å². The van der Waals surface area contributed by atoms with E-state index in [1.165, 1.54) is 0 Å². The highest BCUT2D eigenvalue weighted by molar-refractivity contribution is 5.82. The second-order valence-electron chi connectivity index (χ2n) is 4.68. The number of aliphatic hydroxyl groups excluding tert-OH is 1. The Kier molecular flexibility index (Phi) is 3.34. The summed E-state index contributed by atoms with van der Waals surface area (Å²) in [6.07, 6.45) is 2.24. The molecule has 0 bridgehead atoms. The van der Waals surface area contributed by atoms with Gasteiger partial charge in [0, 0.05) is 0 Å². The molecule has 5 heteroatoms. The summed E-state index contributed by atoms with van der Waals surface area (Å²) in [5.74, 6) is -3.18. The van der Waals surface area contributed by atoms with Crippen molar-refractivity contribution < 1.29 is 23.8 Å². The second kappa shape index (κ2) is 4.65. The number of carboxylic acids is 1. The van der Waals surface area contributed by atoms with Gasteiger partial charge in [-0.15, -0.1) is 0 Å². The summed E-state index contributed by atoms with van der Waals surface area (Å²) in [4.78, 5) is 11.5. The molecule has 1 aliphatic rings. The molecule has 2 N–H and O–H groups in total. The van der Waals surface area contributed by atoms with Crippen molar-refractivity contribution >= 4 is 5.97 Å². The van der Waals surface area contributed by atoms with Gasteiger partial charge < -0.3 is 10.2 Å².